The first-order chi connectivity index (χ1) is 14.1. The van der Waals surface area contributed by atoms with E-state index in [0.717, 1.165) is 21.9 Å². The molecule has 0 radical (unpaired) electrons. The molecule has 0 saturated carbocycles. The number of carbonyl (C=O) groups excluding carboxylic acids is 2. The van der Waals surface area contributed by atoms with Crippen LogP contribution >= 0.6 is 11.3 Å². The zero-order chi connectivity index (χ0) is 20.2. The summed E-state index contributed by atoms with van der Waals surface area (Å²) < 4.78 is 11.2. The molecule has 1 aromatic carbocycles. The largest absolute Gasteiger partial charge is 0.486 e. The fraction of sp³-hybridized carbons (Fsp3) is 0.429. The molecule has 0 spiro atoms. The number of amides is 2. The van der Waals surface area contributed by atoms with Crippen LogP contribution in [0.4, 0.5) is 0 Å². The van der Waals surface area contributed by atoms with Crippen molar-refractivity contribution in [3.05, 3.63) is 46.2 Å². The van der Waals surface area contributed by atoms with Crippen molar-refractivity contribution in [1.82, 2.24) is 15.1 Å². The summed E-state index contributed by atoms with van der Waals surface area (Å²) in [4.78, 5) is 29.6. The molecule has 4 rings (SSSR count). The minimum Gasteiger partial charge on any atom is -0.486 e. The van der Waals surface area contributed by atoms with Gasteiger partial charge < -0.3 is 19.7 Å². The third-order valence-corrected chi connectivity index (χ3v) is 6.06. The number of fused-ring (bicyclic) bond motifs is 1. The molecule has 1 fully saturated rings. The van der Waals surface area contributed by atoms with E-state index in [9.17, 15) is 9.59 Å². The van der Waals surface area contributed by atoms with Gasteiger partial charge in [-0.1, -0.05) is 12.1 Å². The molecule has 1 aromatic heterocycles. The Labute approximate surface area is 174 Å². The summed E-state index contributed by atoms with van der Waals surface area (Å²) in [5.74, 6) is 1.52. The lowest BCUT2D eigenvalue weighted by molar-refractivity contribution is -0.123. The zero-order valence-corrected chi connectivity index (χ0v) is 17.2. The van der Waals surface area contributed by atoms with Crippen molar-refractivity contribution in [2.45, 2.75) is 13.0 Å². The molecule has 1 atom stereocenters. The Morgan fingerprint density at radius 1 is 1.10 bits per heavy atom. The fourth-order valence-electron chi connectivity index (χ4n) is 3.57. The summed E-state index contributed by atoms with van der Waals surface area (Å²) >= 11 is 1.46. The molecule has 2 aliphatic heterocycles. The van der Waals surface area contributed by atoms with Gasteiger partial charge in [-0.25, -0.2) is 0 Å². The molecule has 2 amide bonds. The molecule has 0 aliphatic carbocycles. The van der Waals surface area contributed by atoms with Crippen LogP contribution in [0, 0.1) is 0 Å². The van der Waals surface area contributed by atoms with Gasteiger partial charge >= 0.3 is 0 Å². The van der Waals surface area contributed by atoms with Crippen molar-refractivity contribution >= 4 is 23.2 Å². The third-order valence-electron chi connectivity index (χ3n) is 5.20. The van der Waals surface area contributed by atoms with Gasteiger partial charge in [0.2, 0.25) is 5.91 Å². The maximum absolute atomic E-state index is 12.5. The van der Waals surface area contributed by atoms with Gasteiger partial charge in [0.15, 0.2) is 11.5 Å². The Bertz CT molecular complexity index is 863. The quantitative estimate of drug-likeness (QED) is 0.810. The summed E-state index contributed by atoms with van der Waals surface area (Å²) in [5.41, 5.74) is 0.981. The smallest absolute Gasteiger partial charge is 0.264 e. The highest BCUT2D eigenvalue weighted by Crippen LogP contribution is 2.32. The Morgan fingerprint density at radius 2 is 1.86 bits per heavy atom. The molecule has 8 heteroatoms. The van der Waals surface area contributed by atoms with Crippen LogP contribution < -0.4 is 14.8 Å². The summed E-state index contributed by atoms with van der Waals surface area (Å²) in [7, 11) is 0. The minimum atomic E-state index is -0.125. The maximum atomic E-state index is 12.5. The van der Waals surface area contributed by atoms with Gasteiger partial charge in [-0.15, -0.1) is 11.3 Å². The number of carbonyl (C=O) groups is 2. The number of thiophene rings is 1. The van der Waals surface area contributed by atoms with E-state index in [1.165, 1.54) is 11.3 Å². The third kappa shape index (κ3) is 4.71. The van der Waals surface area contributed by atoms with E-state index in [1.54, 1.807) is 0 Å². The standard InChI is InChI=1S/C21H25N3O4S/c1-15(16-4-5-17-18(13-16)28-11-10-27-17)22-20(25)14-23-6-8-24(9-7-23)21(26)19-3-2-12-29-19/h2-5,12-13,15H,6-11,14H2,1H3,(H,22,25)/t15-/m1/s1. The number of hydrogen-bond acceptors (Lipinski definition) is 6. The average Bonchev–Trinajstić information content (AvgIpc) is 3.28. The molecule has 29 heavy (non-hydrogen) atoms. The molecule has 0 bridgehead atoms. The number of benzene rings is 1. The van der Waals surface area contributed by atoms with Crippen LogP contribution in [0.15, 0.2) is 35.7 Å². The summed E-state index contributed by atoms with van der Waals surface area (Å²) in [5, 5.41) is 4.96. The van der Waals surface area contributed by atoms with Crippen molar-refractivity contribution in [2.24, 2.45) is 0 Å². The van der Waals surface area contributed by atoms with Gasteiger partial charge in [-0.2, -0.15) is 0 Å². The zero-order valence-electron chi connectivity index (χ0n) is 16.4. The lowest BCUT2D eigenvalue weighted by atomic mass is 10.1. The molecule has 7 nitrogen and oxygen atoms in total. The highest BCUT2D eigenvalue weighted by atomic mass is 32.1. The molecule has 2 aromatic rings. The molecule has 1 saturated heterocycles. The number of piperazine rings is 1. The van der Waals surface area contributed by atoms with Gasteiger partial charge in [0.1, 0.15) is 13.2 Å². The lowest BCUT2D eigenvalue weighted by Crippen LogP contribution is -2.51. The van der Waals surface area contributed by atoms with Crippen molar-refractivity contribution in [3.8, 4) is 11.5 Å². The molecule has 2 aliphatic rings. The van der Waals surface area contributed by atoms with E-state index in [1.807, 2.05) is 47.5 Å². The van der Waals surface area contributed by atoms with E-state index in [0.29, 0.717) is 45.9 Å². The number of nitrogens with zero attached hydrogens (tertiary/aromatic N) is 2. The van der Waals surface area contributed by atoms with Gasteiger partial charge in [-0.3, -0.25) is 14.5 Å². The molecule has 154 valence electrons. The number of hydrogen-bond donors (Lipinski definition) is 1. The first-order valence-electron chi connectivity index (χ1n) is 9.84. The number of rotatable bonds is 5. The van der Waals surface area contributed by atoms with E-state index >= 15 is 0 Å². The predicted octanol–water partition coefficient (Wildman–Crippen LogP) is 2.15. The SMILES string of the molecule is C[C@@H](NC(=O)CN1CCN(C(=O)c2cccs2)CC1)c1ccc2c(c1)OCCO2. The van der Waals surface area contributed by atoms with Crippen LogP contribution in [-0.4, -0.2) is 67.6 Å². The van der Waals surface area contributed by atoms with Crippen molar-refractivity contribution in [2.75, 3.05) is 45.9 Å². The predicted molar refractivity (Wildman–Crippen MR) is 111 cm³/mol. The van der Waals surface area contributed by atoms with Crippen LogP contribution in [0.1, 0.15) is 28.2 Å². The van der Waals surface area contributed by atoms with E-state index in [4.69, 9.17) is 9.47 Å². The van der Waals surface area contributed by atoms with Gasteiger partial charge in [0.05, 0.1) is 17.5 Å². The second kappa shape index (κ2) is 8.84. The minimum absolute atomic E-state index is 0.0228. The number of ether oxygens (including phenoxy) is 2. The van der Waals surface area contributed by atoms with Crippen molar-refractivity contribution < 1.29 is 19.1 Å². The van der Waals surface area contributed by atoms with Crippen LogP contribution in [0.2, 0.25) is 0 Å². The molecule has 1 N–H and O–H groups in total. The van der Waals surface area contributed by atoms with E-state index < -0.39 is 0 Å². The molecule has 3 heterocycles. The monoisotopic (exact) mass is 415 g/mol. The number of nitrogens with one attached hydrogen (secondary N) is 1. The van der Waals surface area contributed by atoms with Crippen LogP contribution in [0.5, 0.6) is 11.5 Å². The summed E-state index contributed by atoms with van der Waals surface area (Å²) in [6, 6.07) is 9.38. The topological polar surface area (TPSA) is 71.1 Å². The van der Waals surface area contributed by atoms with Gasteiger partial charge in [0.25, 0.3) is 5.91 Å². The van der Waals surface area contributed by atoms with Crippen LogP contribution in [0.25, 0.3) is 0 Å². The Hall–Kier alpha value is -2.58. The van der Waals surface area contributed by atoms with Crippen LogP contribution in [0.3, 0.4) is 0 Å². The summed E-state index contributed by atoms with van der Waals surface area (Å²) in [6.07, 6.45) is 0. The van der Waals surface area contributed by atoms with Gasteiger partial charge in [-0.05, 0) is 36.1 Å². The molecular weight excluding hydrogens is 390 g/mol. The normalized spacial score (nSPS) is 17.6. The van der Waals surface area contributed by atoms with E-state index in [2.05, 4.69) is 10.2 Å². The first kappa shape index (κ1) is 19.7. The van der Waals surface area contributed by atoms with Crippen molar-refractivity contribution in [3.63, 3.8) is 0 Å². The molecule has 0 unspecified atom stereocenters. The lowest BCUT2D eigenvalue weighted by Gasteiger charge is -2.34. The molecular formula is C21H25N3O4S. The van der Waals surface area contributed by atoms with E-state index in [-0.39, 0.29) is 17.9 Å². The average molecular weight is 416 g/mol. The summed E-state index contributed by atoms with van der Waals surface area (Å²) in [6.45, 7) is 6.06. The second-order valence-electron chi connectivity index (χ2n) is 7.24. The Kier molecular flexibility index (Phi) is 6.01. The second-order valence-corrected chi connectivity index (χ2v) is 8.19. The first-order valence-corrected chi connectivity index (χ1v) is 10.7. The highest BCUT2D eigenvalue weighted by molar-refractivity contribution is 7.12. The Morgan fingerprint density at radius 3 is 2.59 bits per heavy atom. The Balaban J connectivity index is 1.25. The fourth-order valence-corrected chi connectivity index (χ4v) is 4.26. The maximum Gasteiger partial charge on any atom is 0.264 e. The van der Waals surface area contributed by atoms with Crippen molar-refractivity contribution in [1.29, 1.82) is 0 Å². The highest BCUT2D eigenvalue weighted by Gasteiger charge is 2.24. The van der Waals surface area contributed by atoms with Crippen LogP contribution in [-0.2, 0) is 4.79 Å². The van der Waals surface area contributed by atoms with Gasteiger partial charge in [0, 0.05) is 26.2 Å².